The first-order chi connectivity index (χ1) is 13.4. The highest BCUT2D eigenvalue weighted by Gasteiger charge is 2.12. The van der Waals surface area contributed by atoms with E-state index in [9.17, 15) is 9.59 Å². The van der Waals surface area contributed by atoms with Crippen LogP contribution >= 0.6 is 23.4 Å². The Morgan fingerprint density at radius 1 is 1.18 bits per heavy atom. The third-order valence-electron chi connectivity index (χ3n) is 3.86. The molecule has 9 heteroatoms. The number of nitrogens with zero attached hydrogens (tertiary/aromatic N) is 3. The van der Waals surface area contributed by atoms with E-state index < -0.39 is 5.69 Å². The molecule has 28 heavy (non-hydrogen) atoms. The van der Waals surface area contributed by atoms with E-state index in [1.54, 1.807) is 24.3 Å². The Balaban J connectivity index is 1.69. The lowest BCUT2D eigenvalue weighted by Gasteiger charge is -2.09. The maximum Gasteiger partial charge on any atom is 0.370 e. The Kier molecular flexibility index (Phi) is 6.33. The molecule has 0 atom stereocenters. The monoisotopic (exact) mass is 415 g/mol. The van der Waals surface area contributed by atoms with E-state index in [4.69, 9.17) is 17.4 Å². The first-order valence-corrected chi connectivity index (χ1v) is 9.76. The molecule has 1 amide bonds. The number of hydrogen-bond acceptors (Lipinski definition) is 6. The molecule has 0 spiro atoms. The minimum Gasteiger partial charge on any atom is -0.333 e. The summed E-state index contributed by atoms with van der Waals surface area (Å²) < 4.78 is 0.924. The number of aromatic nitrogens is 3. The summed E-state index contributed by atoms with van der Waals surface area (Å²) in [7, 11) is 0. The summed E-state index contributed by atoms with van der Waals surface area (Å²) in [6.07, 6.45) is 0.383. The van der Waals surface area contributed by atoms with Gasteiger partial charge in [-0.2, -0.15) is 9.66 Å². The number of benzene rings is 2. The van der Waals surface area contributed by atoms with E-state index >= 15 is 0 Å². The molecule has 0 fully saturated rings. The fourth-order valence-corrected chi connectivity index (χ4v) is 3.22. The van der Waals surface area contributed by atoms with Crippen LogP contribution < -0.4 is 16.8 Å². The van der Waals surface area contributed by atoms with Gasteiger partial charge in [-0.3, -0.25) is 4.79 Å². The van der Waals surface area contributed by atoms with Gasteiger partial charge in [-0.25, -0.2) is 9.78 Å². The maximum atomic E-state index is 12.1. The van der Waals surface area contributed by atoms with Crippen LogP contribution in [0.3, 0.4) is 0 Å². The molecule has 3 rings (SSSR count). The summed E-state index contributed by atoms with van der Waals surface area (Å²) in [5.41, 5.74) is 2.01. The number of rotatable bonds is 6. The minimum atomic E-state index is -0.619. The topological polar surface area (TPSA) is 103 Å². The Labute approximate surface area is 170 Å². The van der Waals surface area contributed by atoms with Crippen molar-refractivity contribution in [1.82, 2.24) is 14.6 Å². The SMILES string of the molecule is Cc1ccc(Cc2nc(SCC(=O)Nc3ccccc3Cl)nc(=O)n2N)cc1. The van der Waals surface area contributed by atoms with Gasteiger partial charge >= 0.3 is 5.69 Å². The number of aryl methyl sites for hydroxylation is 1. The molecule has 0 aliphatic rings. The van der Waals surface area contributed by atoms with Crippen molar-refractivity contribution in [3.8, 4) is 0 Å². The lowest BCUT2D eigenvalue weighted by Crippen LogP contribution is -2.34. The number of thioether (sulfide) groups is 1. The van der Waals surface area contributed by atoms with E-state index in [-0.39, 0.29) is 16.8 Å². The van der Waals surface area contributed by atoms with Gasteiger partial charge in [-0.15, -0.1) is 0 Å². The zero-order valence-electron chi connectivity index (χ0n) is 15.1. The number of carbonyl (C=O) groups excluding carboxylic acids is 1. The maximum absolute atomic E-state index is 12.1. The van der Waals surface area contributed by atoms with Crippen molar-refractivity contribution < 1.29 is 4.79 Å². The van der Waals surface area contributed by atoms with Crippen molar-refractivity contribution in [2.45, 2.75) is 18.5 Å². The zero-order chi connectivity index (χ0) is 20.1. The molecule has 3 N–H and O–H groups in total. The molecular formula is C19H18ClN5O2S. The fraction of sp³-hybridized carbons (Fsp3) is 0.158. The van der Waals surface area contributed by atoms with Crippen molar-refractivity contribution >= 4 is 35.0 Å². The number of hydrogen-bond donors (Lipinski definition) is 2. The summed E-state index contributed by atoms with van der Waals surface area (Å²) in [5.74, 6) is 5.90. The lowest BCUT2D eigenvalue weighted by molar-refractivity contribution is -0.113. The van der Waals surface area contributed by atoms with Crippen molar-refractivity contribution in [3.63, 3.8) is 0 Å². The molecule has 0 aliphatic heterocycles. The van der Waals surface area contributed by atoms with Crippen molar-refractivity contribution in [1.29, 1.82) is 0 Å². The number of anilines is 1. The van der Waals surface area contributed by atoms with E-state index in [1.807, 2.05) is 31.2 Å². The summed E-state index contributed by atoms with van der Waals surface area (Å²) in [4.78, 5) is 32.3. The van der Waals surface area contributed by atoms with Crippen molar-refractivity contribution in [3.05, 3.63) is 81.0 Å². The molecule has 0 radical (unpaired) electrons. The van der Waals surface area contributed by atoms with Gasteiger partial charge < -0.3 is 11.2 Å². The highest BCUT2D eigenvalue weighted by molar-refractivity contribution is 7.99. The highest BCUT2D eigenvalue weighted by Crippen LogP contribution is 2.21. The van der Waals surface area contributed by atoms with Crippen LogP contribution in [0.2, 0.25) is 5.02 Å². The number of carbonyl (C=O) groups is 1. The Morgan fingerprint density at radius 3 is 2.61 bits per heavy atom. The van der Waals surface area contributed by atoms with Crippen LogP contribution in [0.4, 0.5) is 5.69 Å². The van der Waals surface area contributed by atoms with Gasteiger partial charge in [0, 0.05) is 6.42 Å². The van der Waals surface area contributed by atoms with Crippen LogP contribution in [0.25, 0.3) is 0 Å². The van der Waals surface area contributed by atoms with Gasteiger partial charge in [0.25, 0.3) is 0 Å². The van der Waals surface area contributed by atoms with E-state index in [1.165, 1.54) is 0 Å². The number of nitrogen functional groups attached to an aromatic ring is 1. The number of nitrogens with two attached hydrogens (primary N) is 1. The minimum absolute atomic E-state index is 0.0310. The molecule has 1 aromatic heterocycles. The Bertz CT molecular complexity index is 1050. The standard InChI is InChI=1S/C19H18ClN5O2S/c1-12-6-8-13(9-7-12)10-16-23-18(24-19(27)25(16)21)28-11-17(26)22-15-5-3-2-4-14(15)20/h2-9H,10-11,21H2,1H3,(H,22,26). The van der Waals surface area contributed by atoms with Crippen LogP contribution in [0.1, 0.15) is 17.0 Å². The summed E-state index contributed by atoms with van der Waals surface area (Å²) in [5, 5.41) is 3.36. The van der Waals surface area contributed by atoms with Crippen molar-refractivity contribution in [2.75, 3.05) is 16.9 Å². The molecule has 0 saturated heterocycles. The molecule has 2 aromatic carbocycles. The fourth-order valence-electron chi connectivity index (χ4n) is 2.39. The van der Waals surface area contributed by atoms with Gasteiger partial charge in [0.1, 0.15) is 5.82 Å². The van der Waals surface area contributed by atoms with Crippen molar-refractivity contribution in [2.24, 2.45) is 0 Å². The van der Waals surface area contributed by atoms with Gasteiger partial charge in [-0.1, -0.05) is 65.3 Å². The Morgan fingerprint density at radius 2 is 1.89 bits per heavy atom. The molecule has 0 bridgehead atoms. The molecule has 0 unspecified atom stereocenters. The number of nitrogens with one attached hydrogen (secondary N) is 1. The lowest BCUT2D eigenvalue weighted by atomic mass is 10.1. The molecular weight excluding hydrogens is 398 g/mol. The molecule has 144 valence electrons. The average molecular weight is 416 g/mol. The van der Waals surface area contributed by atoms with E-state index in [2.05, 4.69) is 15.3 Å². The highest BCUT2D eigenvalue weighted by atomic mass is 35.5. The molecule has 1 heterocycles. The smallest absolute Gasteiger partial charge is 0.333 e. The average Bonchev–Trinajstić information content (AvgIpc) is 2.67. The van der Waals surface area contributed by atoms with E-state index in [0.717, 1.165) is 27.6 Å². The quantitative estimate of drug-likeness (QED) is 0.474. The second-order valence-electron chi connectivity index (χ2n) is 6.05. The molecule has 3 aromatic rings. The van der Waals surface area contributed by atoms with Crippen LogP contribution in [0, 0.1) is 6.92 Å². The molecule has 7 nitrogen and oxygen atoms in total. The Hall–Kier alpha value is -2.84. The largest absolute Gasteiger partial charge is 0.370 e. The molecule has 0 aliphatic carbocycles. The predicted octanol–water partition coefficient (Wildman–Crippen LogP) is 2.64. The third-order valence-corrected chi connectivity index (χ3v) is 5.04. The van der Waals surface area contributed by atoms with Crippen LogP contribution in [0.15, 0.2) is 58.5 Å². The van der Waals surface area contributed by atoms with Gasteiger partial charge in [0.15, 0.2) is 5.16 Å². The second-order valence-corrected chi connectivity index (χ2v) is 7.40. The summed E-state index contributed by atoms with van der Waals surface area (Å²) >= 11 is 7.08. The number of amides is 1. The number of para-hydroxylation sites is 1. The van der Waals surface area contributed by atoms with Crippen LogP contribution in [0.5, 0.6) is 0 Å². The van der Waals surface area contributed by atoms with Gasteiger partial charge in [-0.05, 0) is 24.6 Å². The van der Waals surface area contributed by atoms with Gasteiger partial charge in [0.05, 0.1) is 16.5 Å². The normalized spacial score (nSPS) is 10.6. The summed E-state index contributed by atoms with van der Waals surface area (Å²) in [6, 6.07) is 14.8. The first kappa shape index (κ1) is 19.9. The second kappa shape index (κ2) is 8.90. The summed E-state index contributed by atoms with van der Waals surface area (Å²) in [6.45, 7) is 2.00. The number of halogens is 1. The zero-order valence-corrected chi connectivity index (χ0v) is 16.6. The first-order valence-electron chi connectivity index (χ1n) is 8.40. The molecule has 0 saturated carbocycles. The van der Waals surface area contributed by atoms with Crippen LogP contribution in [-0.2, 0) is 11.2 Å². The predicted molar refractivity (Wildman–Crippen MR) is 111 cm³/mol. The van der Waals surface area contributed by atoms with E-state index in [0.29, 0.717) is 23.0 Å². The third kappa shape index (κ3) is 5.11. The van der Waals surface area contributed by atoms with Gasteiger partial charge in [0.2, 0.25) is 5.91 Å². The van der Waals surface area contributed by atoms with Crippen LogP contribution in [-0.4, -0.2) is 26.3 Å².